The minimum atomic E-state index is -3.66. The van der Waals surface area contributed by atoms with Crippen molar-refractivity contribution in [3.63, 3.8) is 0 Å². The van der Waals surface area contributed by atoms with E-state index in [4.69, 9.17) is 0 Å². The average Bonchev–Trinajstić information content (AvgIpc) is 2.80. The highest BCUT2D eigenvalue weighted by Crippen LogP contribution is 2.51. The second-order valence-electron chi connectivity index (χ2n) is 8.16. The van der Waals surface area contributed by atoms with Crippen molar-refractivity contribution in [2.75, 3.05) is 4.90 Å². The molecule has 0 N–H and O–H groups in total. The predicted octanol–water partition coefficient (Wildman–Crippen LogP) is 6.02. The molecule has 0 spiro atoms. The molecule has 0 bridgehead atoms. The van der Waals surface area contributed by atoms with Crippen LogP contribution in [0.2, 0.25) is 0 Å². The van der Waals surface area contributed by atoms with E-state index < -0.39 is 9.84 Å². The zero-order valence-corrected chi connectivity index (χ0v) is 18.2. The van der Waals surface area contributed by atoms with Crippen LogP contribution >= 0.6 is 0 Å². The molecule has 0 saturated heterocycles. The second kappa shape index (κ2) is 7.06. The van der Waals surface area contributed by atoms with Gasteiger partial charge in [-0.1, -0.05) is 56.3 Å². The Labute approximate surface area is 182 Å². The molecule has 154 valence electrons. The molecule has 5 rings (SSSR count). The lowest BCUT2D eigenvalue weighted by atomic mass is 9.73. The maximum atomic E-state index is 12.9. The van der Waals surface area contributed by atoms with E-state index in [0.717, 1.165) is 17.1 Å². The van der Waals surface area contributed by atoms with E-state index in [9.17, 15) is 8.42 Å². The van der Waals surface area contributed by atoms with Crippen LogP contribution in [0.4, 0.5) is 17.1 Å². The molecule has 31 heavy (non-hydrogen) atoms. The summed E-state index contributed by atoms with van der Waals surface area (Å²) >= 11 is 0. The van der Waals surface area contributed by atoms with Gasteiger partial charge in [0.15, 0.2) is 5.03 Å². The van der Waals surface area contributed by atoms with Crippen molar-refractivity contribution < 1.29 is 8.42 Å². The van der Waals surface area contributed by atoms with E-state index in [2.05, 4.69) is 60.1 Å². The summed E-state index contributed by atoms with van der Waals surface area (Å²) in [5.41, 5.74) is 5.46. The quantitative estimate of drug-likeness (QED) is 0.402. The molecule has 2 heterocycles. The molecule has 1 aliphatic rings. The zero-order valence-electron chi connectivity index (χ0n) is 17.4. The summed E-state index contributed by atoms with van der Waals surface area (Å²) in [5, 5.41) is 0.0539. The number of benzene rings is 3. The first kappa shape index (κ1) is 19.5. The molecule has 1 aliphatic heterocycles. The highest BCUT2D eigenvalue weighted by molar-refractivity contribution is 7.91. The van der Waals surface area contributed by atoms with Crippen molar-refractivity contribution in [2.45, 2.75) is 29.2 Å². The van der Waals surface area contributed by atoms with Crippen LogP contribution in [0, 0.1) is 0 Å². The van der Waals surface area contributed by atoms with Crippen molar-refractivity contribution in [2.24, 2.45) is 0 Å². The largest absolute Gasteiger partial charge is 0.310 e. The van der Waals surface area contributed by atoms with Crippen molar-refractivity contribution in [3.8, 4) is 0 Å². The minimum Gasteiger partial charge on any atom is -0.310 e. The van der Waals surface area contributed by atoms with Crippen LogP contribution in [0.15, 0.2) is 107 Å². The number of fused-ring (bicyclic) bond motifs is 2. The standard InChI is InChI=1S/C26H22N2O2S/c1-26(2)21-9-3-5-11-23(21)28(24-12-6-4-10-22(24)26)19-14-16-20(17-15-19)31(29,30)25-13-7-8-18-27-25/h3-18H,1-2H3. The van der Waals surface area contributed by atoms with E-state index >= 15 is 0 Å². The molecular formula is C26H22N2O2S. The summed E-state index contributed by atoms with van der Waals surface area (Å²) in [6.07, 6.45) is 1.49. The molecule has 0 amide bonds. The van der Waals surface area contributed by atoms with E-state index in [-0.39, 0.29) is 15.3 Å². The SMILES string of the molecule is CC1(C)c2ccccc2N(c2ccc(S(=O)(=O)c3ccccn3)cc2)c2ccccc21. The van der Waals surface area contributed by atoms with Crippen LogP contribution in [0.25, 0.3) is 0 Å². The Kier molecular flexibility index (Phi) is 4.45. The third kappa shape index (κ3) is 3.04. The van der Waals surface area contributed by atoms with Gasteiger partial charge in [0.2, 0.25) is 9.84 Å². The number of nitrogens with zero attached hydrogens (tertiary/aromatic N) is 2. The molecule has 0 aliphatic carbocycles. The average molecular weight is 427 g/mol. The minimum absolute atomic E-state index is 0.0539. The van der Waals surface area contributed by atoms with Crippen LogP contribution in [-0.2, 0) is 15.3 Å². The zero-order chi connectivity index (χ0) is 21.6. The summed E-state index contributed by atoms with van der Waals surface area (Å²) in [6, 6.07) is 28.7. The molecule has 0 saturated carbocycles. The van der Waals surface area contributed by atoms with Gasteiger partial charge in [-0.05, 0) is 59.7 Å². The van der Waals surface area contributed by atoms with Crippen molar-refractivity contribution in [3.05, 3.63) is 108 Å². The normalized spacial score (nSPS) is 14.6. The number of para-hydroxylation sites is 2. The van der Waals surface area contributed by atoms with Crippen LogP contribution in [0.5, 0.6) is 0 Å². The highest BCUT2D eigenvalue weighted by Gasteiger charge is 2.36. The maximum Gasteiger partial charge on any atom is 0.223 e. The number of sulfone groups is 1. The lowest BCUT2D eigenvalue weighted by Gasteiger charge is -2.42. The van der Waals surface area contributed by atoms with Gasteiger partial charge in [0.1, 0.15) is 0 Å². The van der Waals surface area contributed by atoms with Gasteiger partial charge in [0.25, 0.3) is 0 Å². The second-order valence-corrected chi connectivity index (χ2v) is 10.1. The molecule has 0 fully saturated rings. The van der Waals surface area contributed by atoms with Gasteiger partial charge in [0, 0.05) is 17.3 Å². The smallest absolute Gasteiger partial charge is 0.223 e. The van der Waals surface area contributed by atoms with Crippen LogP contribution in [0.3, 0.4) is 0 Å². The van der Waals surface area contributed by atoms with Crippen LogP contribution < -0.4 is 4.90 Å². The maximum absolute atomic E-state index is 12.9. The van der Waals surface area contributed by atoms with Crippen LogP contribution in [0.1, 0.15) is 25.0 Å². The number of rotatable bonds is 3. The molecule has 5 heteroatoms. The lowest BCUT2D eigenvalue weighted by Crippen LogP contribution is -2.30. The molecule has 4 aromatic rings. The fourth-order valence-corrected chi connectivity index (χ4v) is 5.54. The van der Waals surface area contributed by atoms with Gasteiger partial charge in [0.05, 0.1) is 16.3 Å². The highest BCUT2D eigenvalue weighted by atomic mass is 32.2. The first-order valence-corrected chi connectivity index (χ1v) is 11.6. The molecule has 3 aromatic carbocycles. The van der Waals surface area contributed by atoms with Crippen molar-refractivity contribution in [1.82, 2.24) is 4.98 Å². The first-order valence-electron chi connectivity index (χ1n) is 10.2. The summed E-state index contributed by atoms with van der Waals surface area (Å²) in [6.45, 7) is 4.48. The van der Waals surface area contributed by atoms with Crippen molar-refractivity contribution >= 4 is 26.9 Å². The monoisotopic (exact) mass is 426 g/mol. The predicted molar refractivity (Wildman–Crippen MR) is 123 cm³/mol. The van der Waals surface area contributed by atoms with Crippen LogP contribution in [-0.4, -0.2) is 13.4 Å². The summed E-state index contributed by atoms with van der Waals surface area (Å²) in [5.74, 6) is 0. The Morgan fingerprint density at radius 2 is 1.26 bits per heavy atom. The third-order valence-corrected chi connectivity index (χ3v) is 7.64. The van der Waals surface area contributed by atoms with E-state index in [0.29, 0.717) is 0 Å². The van der Waals surface area contributed by atoms with E-state index in [1.165, 1.54) is 23.4 Å². The van der Waals surface area contributed by atoms with Gasteiger partial charge < -0.3 is 4.90 Å². The van der Waals surface area contributed by atoms with Gasteiger partial charge >= 0.3 is 0 Å². The van der Waals surface area contributed by atoms with Gasteiger partial charge in [-0.3, -0.25) is 0 Å². The van der Waals surface area contributed by atoms with Crippen molar-refractivity contribution in [1.29, 1.82) is 0 Å². The van der Waals surface area contributed by atoms with Gasteiger partial charge in [-0.15, -0.1) is 0 Å². The Bertz CT molecular complexity index is 1310. The topological polar surface area (TPSA) is 50.3 Å². The number of anilines is 3. The fraction of sp³-hybridized carbons (Fsp3) is 0.115. The lowest BCUT2D eigenvalue weighted by molar-refractivity contribution is 0.592. The molecule has 1 aromatic heterocycles. The summed E-state index contributed by atoms with van der Waals surface area (Å²) in [7, 11) is -3.66. The van der Waals surface area contributed by atoms with E-state index in [1.807, 2.05) is 24.3 Å². The Balaban J connectivity index is 1.64. The Morgan fingerprint density at radius 3 is 1.81 bits per heavy atom. The fourth-order valence-electron chi connectivity index (χ4n) is 4.35. The molecule has 0 unspecified atom stereocenters. The molecular weight excluding hydrogens is 404 g/mol. The van der Waals surface area contributed by atoms with E-state index in [1.54, 1.807) is 24.3 Å². The number of aromatic nitrogens is 1. The first-order chi connectivity index (χ1) is 14.9. The van der Waals surface area contributed by atoms with Gasteiger partial charge in [-0.2, -0.15) is 0 Å². The number of hydrogen-bond acceptors (Lipinski definition) is 4. The van der Waals surface area contributed by atoms with Gasteiger partial charge in [-0.25, -0.2) is 13.4 Å². The molecule has 4 nitrogen and oxygen atoms in total. The number of hydrogen-bond donors (Lipinski definition) is 0. The summed E-state index contributed by atoms with van der Waals surface area (Å²) < 4.78 is 25.9. The molecule has 0 radical (unpaired) electrons. The third-order valence-electron chi connectivity index (χ3n) is 5.95. The number of pyridine rings is 1. The Hall–Kier alpha value is -3.44. The summed E-state index contributed by atoms with van der Waals surface area (Å²) in [4.78, 5) is 6.45. The molecule has 0 atom stereocenters. The Morgan fingerprint density at radius 1 is 0.710 bits per heavy atom.